The van der Waals surface area contributed by atoms with Gasteiger partial charge in [0, 0.05) is 32.7 Å². The molecule has 1 aromatic heterocycles. The molecule has 6 nitrogen and oxygen atoms in total. The lowest BCUT2D eigenvalue weighted by atomic mass is 10.2. The van der Waals surface area contributed by atoms with E-state index in [0.29, 0.717) is 13.0 Å². The largest absolute Gasteiger partial charge is 0.378 e. The lowest BCUT2D eigenvalue weighted by molar-refractivity contribution is -0.121. The summed E-state index contributed by atoms with van der Waals surface area (Å²) in [4.78, 5) is 18.3. The highest BCUT2D eigenvalue weighted by atomic mass is 16.2. The van der Waals surface area contributed by atoms with Crippen LogP contribution in [0.2, 0.25) is 0 Å². The average molecular weight is 335 g/mol. The first kappa shape index (κ1) is 16.7. The van der Waals surface area contributed by atoms with E-state index in [0.717, 1.165) is 22.3 Å². The van der Waals surface area contributed by atoms with Crippen LogP contribution in [0.1, 0.15) is 12.0 Å². The molecule has 3 aromatic rings. The fourth-order valence-corrected chi connectivity index (χ4v) is 2.50. The van der Waals surface area contributed by atoms with Crippen LogP contribution in [-0.4, -0.2) is 35.8 Å². The van der Waals surface area contributed by atoms with Crippen LogP contribution in [0.5, 0.6) is 0 Å². The second-order valence-electron chi connectivity index (χ2n) is 5.96. The molecule has 0 fully saturated rings. The topological polar surface area (TPSA) is 62.5 Å². The third-order valence-corrected chi connectivity index (χ3v) is 3.92. The fourth-order valence-electron chi connectivity index (χ4n) is 2.50. The van der Waals surface area contributed by atoms with Crippen LogP contribution in [-0.2, 0) is 11.3 Å². The van der Waals surface area contributed by atoms with Gasteiger partial charge in [-0.2, -0.15) is 5.10 Å². The Balaban J connectivity index is 1.51. The van der Waals surface area contributed by atoms with Crippen molar-refractivity contribution in [3.05, 3.63) is 60.4 Å². The Morgan fingerprint density at radius 2 is 1.96 bits per heavy atom. The lowest BCUT2D eigenvalue weighted by Crippen LogP contribution is -2.19. The quantitative estimate of drug-likeness (QED) is 0.556. The first-order valence-corrected chi connectivity index (χ1v) is 8.12. The van der Waals surface area contributed by atoms with E-state index in [2.05, 4.69) is 15.5 Å². The van der Waals surface area contributed by atoms with Crippen molar-refractivity contribution >= 4 is 28.8 Å². The van der Waals surface area contributed by atoms with Gasteiger partial charge in [0.25, 0.3) is 0 Å². The second kappa shape index (κ2) is 7.61. The maximum atomic E-state index is 11.9. The molecule has 128 valence electrons. The Kier molecular flexibility index (Phi) is 5.09. The Hall–Kier alpha value is -3.15. The molecule has 0 aliphatic carbocycles. The van der Waals surface area contributed by atoms with Crippen molar-refractivity contribution in [1.82, 2.24) is 15.0 Å². The van der Waals surface area contributed by atoms with Crippen molar-refractivity contribution in [1.29, 1.82) is 0 Å². The molecular formula is C19H21N5O. The highest BCUT2D eigenvalue weighted by molar-refractivity contribution is 5.83. The number of carbonyl (C=O) groups excluding carboxylic acids is 1. The number of rotatable bonds is 6. The zero-order chi connectivity index (χ0) is 17.6. The SMILES string of the molecule is CN(C)c1ccc(/C=N/NC(=O)CCn2cnc3ccccc32)cc1. The molecule has 2 aromatic carbocycles. The molecule has 1 amide bonds. The summed E-state index contributed by atoms with van der Waals surface area (Å²) in [6.07, 6.45) is 3.74. The maximum absolute atomic E-state index is 11.9. The minimum absolute atomic E-state index is 0.126. The molecule has 0 saturated heterocycles. The Morgan fingerprint density at radius 3 is 2.72 bits per heavy atom. The number of carbonyl (C=O) groups is 1. The summed E-state index contributed by atoms with van der Waals surface area (Å²) in [6.45, 7) is 0.569. The van der Waals surface area contributed by atoms with Crippen molar-refractivity contribution in [2.24, 2.45) is 5.10 Å². The number of hydrazone groups is 1. The number of nitrogens with zero attached hydrogens (tertiary/aromatic N) is 4. The molecular weight excluding hydrogens is 314 g/mol. The van der Waals surface area contributed by atoms with Gasteiger partial charge < -0.3 is 9.47 Å². The molecule has 25 heavy (non-hydrogen) atoms. The minimum Gasteiger partial charge on any atom is -0.378 e. The number of imidazole rings is 1. The number of nitrogens with one attached hydrogen (secondary N) is 1. The van der Waals surface area contributed by atoms with Gasteiger partial charge in [-0.15, -0.1) is 0 Å². The average Bonchev–Trinajstić information content (AvgIpc) is 3.03. The zero-order valence-corrected chi connectivity index (χ0v) is 14.4. The van der Waals surface area contributed by atoms with E-state index >= 15 is 0 Å². The van der Waals surface area contributed by atoms with E-state index in [-0.39, 0.29) is 5.91 Å². The van der Waals surface area contributed by atoms with Crippen LogP contribution in [0.15, 0.2) is 60.0 Å². The van der Waals surface area contributed by atoms with Crippen molar-refractivity contribution in [2.75, 3.05) is 19.0 Å². The summed E-state index contributed by atoms with van der Waals surface area (Å²) in [5.74, 6) is -0.126. The summed E-state index contributed by atoms with van der Waals surface area (Å²) in [7, 11) is 3.99. The Bertz CT molecular complexity index is 880. The van der Waals surface area contributed by atoms with Gasteiger partial charge in [0.15, 0.2) is 0 Å². The van der Waals surface area contributed by atoms with E-state index in [4.69, 9.17) is 0 Å². The standard InChI is InChI=1S/C19H21N5O/c1-23(2)16-9-7-15(8-10-16)13-21-22-19(25)11-12-24-14-20-17-5-3-4-6-18(17)24/h3-10,13-14H,11-12H2,1-2H3,(H,22,25)/b21-13+. The smallest absolute Gasteiger partial charge is 0.241 e. The van der Waals surface area contributed by atoms with E-state index in [1.54, 1.807) is 12.5 Å². The molecule has 6 heteroatoms. The molecule has 0 spiro atoms. The summed E-state index contributed by atoms with van der Waals surface area (Å²) in [5, 5.41) is 4.02. The lowest BCUT2D eigenvalue weighted by Gasteiger charge is -2.11. The molecule has 0 unspecified atom stereocenters. The van der Waals surface area contributed by atoms with Gasteiger partial charge >= 0.3 is 0 Å². The molecule has 0 saturated carbocycles. The van der Waals surface area contributed by atoms with E-state index in [1.807, 2.05) is 72.1 Å². The van der Waals surface area contributed by atoms with Crippen LogP contribution in [0.4, 0.5) is 5.69 Å². The number of fused-ring (bicyclic) bond motifs is 1. The van der Waals surface area contributed by atoms with Crippen molar-refractivity contribution in [2.45, 2.75) is 13.0 Å². The van der Waals surface area contributed by atoms with Gasteiger partial charge in [-0.3, -0.25) is 4.79 Å². The van der Waals surface area contributed by atoms with E-state index in [1.165, 1.54) is 0 Å². The van der Waals surface area contributed by atoms with Gasteiger partial charge in [-0.05, 0) is 29.8 Å². The number of para-hydroxylation sites is 2. The number of benzene rings is 2. The van der Waals surface area contributed by atoms with Gasteiger partial charge in [0.1, 0.15) is 0 Å². The van der Waals surface area contributed by atoms with Crippen LogP contribution in [0.25, 0.3) is 11.0 Å². The van der Waals surface area contributed by atoms with Crippen LogP contribution >= 0.6 is 0 Å². The molecule has 3 rings (SSSR count). The molecule has 0 aliphatic rings. The normalized spacial score (nSPS) is 11.1. The van der Waals surface area contributed by atoms with E-state index < -0.39 is 0 Å². The Labute approximate surface area is 146 Å². The van der Waals surface area contributed by atoms with Crippen molar-refractivity contribution < 1.29 is 4.79 Å². The molecule has 0 aliphatic heterocycles. The van der Waals surface area contributed by atoms with E-state index in [9.17, 15) is 4.79 Å². The third-order valence-electron chi connectivity index (χ3n) is 3.92. The predicted octanol–water partition coefficient (Wildman–Crippen LogP) is 2.64. The highest BCUT2D eigenvalue weighted by Gasteiger charge is 2.04. The molecule has 1 heterocycles. The highest BCUT2D eigenvalue weighted by Crippen LogP contribution is 2.12. The summed E-state index contributed by atoms with van der Waals surface area (Å²) >= 11 is 0. The minimum atomic E-state index is -0.126. The summed E-state index contributed by atoms with van der Waals surface area (Å²) in [5.41, 5.74) is 6.58. The summed E-state index contributed by atoms with van der Waals surface area (Å²) < 4.78 is 1.97. The maximum Gasteiger partial charge on any atom is 0.241 e. The van der Waals surface area contributed by atoms with Crippen LogP contribution in [0, 0.1) is 0 Å². The van der Waals surface area contributed by atoms with Crippen LogP contribution < -0.4 is 10.3 Å². The number of anilines is 1. The summed E-state index contributed by atoms with van der Waals surface area (Å²) in [6, 6.07) is 15.8. The molecule has 0 bridgehead atoms. The number of amides is 1. The van der Waals surface area contributed by atoms with Gasteiger partial charge in [0.2, 0.25) is 5.91 Å². The zero-order valence-electron chi connectivity index (χ0n) is 14.4. The first-order valence-electron chi connectivity index (χ1n) is 8.12. The molecule has 0 atom stereocenters. The number of hydrogen-bond acceptors (Lipinski definition) is 4. The predicted molar refractivity (Wildman–Crippen MR) is 101 cm³/mol. The van der Waals surface area contributed by atoms with Crippen LogP contribution in [0.3, 0.4) is 0 Å². The number of aromatic nitrogens is 2. The first-order chi connectivity index (χ1) is 12.1. The molecule has 0 radical (unpaired) electrons. The van der Waals surface area contributed by atoms with Crippen molar-refractivity contribution in [3.8, 4) is 0 Å². The number of hydrogen-bond donors (Lipinski definition) is 1. The van der Waals surface area contributed by atoms with Gasteiger partial charge in [0.05, 0.1) is 23.6 Å². The number of aryl methyl sites for hydroxylation is 1. The Morgan fingerprint density at radius 1 is 1.20 bits per heavy atom. The van der Waals surface area contributed by atoms with Crippen molar-refractivity contribution in [3.63, 3.8) is 0 Å². The second-order valence-corrected chi connectivity index (χ2v) is 5.96. The third kappa shape index (κ3) is 4.23. The molecule has 1 N–H and O–H groups in total. The fraction of sp³-hybridized carbons (Fsp3) is 0.211. The van der Waals surface area contributed by atoms with Gasteiger partial charge in [-0.25, -0.2) is 10.4 Å². The van der Waals surface area contributed by atoms with Gasteiger partial charge in [-0.1, -0.05) is 24.3 Å². The monoisotopic (exact) mass is 335 g/mol.